The van der Waals surface area contributed by atoms with E-state index >= 15 is 0 Å². The van der Waals surface area contributed by atoms with E-state index in [0.29, 0.717) is 11.5 Å². The van der Waals surface area contributed by atoms with Gasteiger partial charge in [-0.15, -0.1) is 0 Å². The van der Waals surface area contributed by atoms with Gasteiger partial charge in [0.05, 0.1) is 7.11 Å². The van der Waals surface area contributed by atoms with Gasteiger partial charge < -0.3 is 24.8 Å². The van der Waals surface area contributed by atoms with E-state index in [0.717, 1.165) is 6.07 Å². The van der Waals surface area contributed by atoms with Gasteiger partial charge in [0.2, 0.25) is 0 Å². The van der Waals surface area contributed by atoms with Gasteiger partial charge in [0, 0.05) is 0 Å². The summed E-state index contributed by atoms with van der Waals surface area (Å²) in [6.07, 6.45) is 0. The van der Waals surface area contributed by atoms with Gasteiger partial charge in [0.15, 0.2) is 0 Å². The number of aromatic hydroxyl groups is 1. The average molecular weight is 304 g/mol. The van der Waals surface area contributed by atoms with Gasteiger partial charge in [-0.25, -0.2) is 9.59 Å². The van der Waals surface area contributed by atoms with Crippen LogP contribution in [0.4, 0.5) is 0 Å². The molecule has 0 aromatic heterocycles. The first kappa shape index (κ1) is 15.2. The summed E-state index contributed by atoms with van der Waals surface area (Å²) in [5.41, 5.74) is -1.35. The number of carbonyl (C=O) groups is 2. The lowest BCUT2D eigenvalue weighted by Gasteiger charge is -2.12. The van der Waals surface area contributed by atoms with E-state index in [2.05, 4.69) is 0 Å². The first-order valence-electron chi connectivity index (χ1n) is 6.08. The van der Waals surface area contributed by atoms with Crippen LogP contribution in [0, 0.1) is 0 Å². The Kier molecular flexibility index (Phi) is 4.17. The SMILES string of the molecule is COc1ccc(Oc2ccc(O)c(C(=O)O)c2C(=O)O)cc1. The number of hydrogen-bond acceptors (Lipinski definition) is 5. The standard InChI is InChI=1S/C15H12O7/c1-21-8-2-4-9(5-3-8)22-11-7-6-10(16)12(14(17)18)13(11)15(19)20/h2-7,16H,1H3,(H,17,18)(H,19,20). The molecule has 2 aromatic rings. The molecule has 0 heterocycles. The molecule has 0 bridgehead atoms. The van der Waals surface area contributed by atoms with Crippen LogP contribution < -0.4 is 9.47 Å². The fraction of sp³-hybridized carbons (Fsp3) is 0.0667. The van der Waals surface area contributed by atoms with E-state index in [4.69, 9.17) is 14.6 Å². The number of phenols is 1. The highest BCUT2D eigenvalue weighted by Crippen LogP contribution is 2.33. The first-order chi connectivity index (χ1) is 10.4. The lowest BCUT2D eigenvalue weighted by atomic mass is 10.1. The minimum absolute atomic E-state index is 0.187. The maximum Gasteiger partial charge on any atom is 0.340 e. The summed E-state index contributed by atoms with van der Waals surface area (Å²) >= 11 is 0. The van der Waals surface area contributed by atoms with Gasteiger partial charge in [-0.2, -0.15) is 0 Å². The number of methoxy groups -OCH3 is 1. The van der Waals surface area contributed by atoms with Gasteiger partial charge in [0.25, 0.3) is 0 Å². The number of hydrogen-bond donors (Lipinski definition) is 3. The van der Waals surface area contributed by atoms with Crippen molar-refractivity contribution < 1.29 is 34.4 Å². The molecule has 0 unspecified atom stereocenters. The topological polar surface area (TPSA) is 113 Å². The molecule has 0 amide bonds. The van der Waals surface area contributed by atoms with E-state index in [1.54, 1.807) is 12.1 Å². The average Bonchev–Trinajstić information content (AvgIpc) is 2.48. The second-order valence-electron chi connectivity index (χ2n) is 4.22. The van der Waals surface area contributed by atoms with Crippen molar-refractivity contribution in [2.75, 3.05) is 7.11 Å². The van der Waals surface area contributed by atoms with Crippen LogP contribution in [0.1, 0.15) is 20.7 Å². The minimum Gasteiger partial charge on any atom is -0.507 e. The van der Waals surface area contributed by atoms with Crippen molar-refractivity contribution in [1.82, 2.24) is 0 Å². The molecule has 114 valence electrons. The zero-order valence-electron chi connectivity index (χ0n) is 11.4. The third-order valence-electron chi connectivity index (χ3n) is 2.86. The Morgan fingerprint density at radius 3 is 1.91 bits per heavy atom. The van der Waals surface area contributed by atoms with Crippen LogP contribution in [0.2, 0.25) is 0 Å². The summed E-state index contributed by atoms with van der Waals surface area (Å²) in [6.45, 7) is 0. The molecule has 3 N–H and O–H groups in total. The van der Waals surface area contributed by atoms with Crippen molar-refractivity contribution in [3.8, 4) is 23.0 Å². The zero-order valence-corrected chi connectivity index (χ0v) is 11.4. The van der Waals surface area contributed by atoms with Crippen LogP contribution in [0.25, 0.3) is 0 Å². The van der Waals surface area contributed by atoms with Crippen molar-refractivity contribution in [2.24, 2.45) is 0 Å². The van der Waals surface area contributed by atoms with Gasteiger partial charge in [-0.1, -0.05) is 0 Å². The van der Waals surface area contributed by atoms with Crippen LogP contribution in [0.5, 0.6) is 23.0 Å². The normalized spacial score (nSPS) is 10.0. The summed E-state index contributed by atoms with van der Waals surface area (Å²) in [5.74, 6) is -3.03. The quantitative estimate of drug-likeness (QED) is 0.778. The molecule has 0 aliphatic heterocycles. The number of aromatic carboxylic acids is 2. The molecule has 0 atom stereocenters. The van der Waals surface area contributed by atoms with Crippen LogP contribution in [0.3, 0.4) is 0 Å². The number of ether oxygens (including phenoxy) is 2. The highest BCUT2D eigenvalue weighted by Gasteiger charge is 2.25. The Morgan fingerprint density at radius 2 is 1.41 bits per heavy atom. The van der Waals surface area contributed by atoms with E-state index in [9.17, 15) is 19.8 Å². The van der Waals surface area contributed by atoms with Crippen LogP contribution in [0.15, 0.2) is 36.4 Å². The van der Waals surface area contributed by atoms with Crippen molar-refractivity contribution in [2.45, 2.75) is 0 Å². The lowest BCUT2D eigenvalue weighted by Crippen LogP contribution is -2.10. The number of carboxylic acid groups (broad SMARTS) is 2. The molecule has 0 spiro atoms. The summed E-state index contributed by atoms with van der Waals surface area (Å²) in [5, 5.41) is 27.8. The Morgan fingerprint density at radius 1 is 0.864 bits per heavy atom. The van der Waals surface area contributed by atoms with Gasteiger partial charge >= 0.3 is 11.9 Å². The molecule has 2 rings (SSSR count). The number of carboxylic acids is 2. The lowest BCUT2D eigenvalue weighted by molar-refractivity contribution is 0.0646. The Labute approximate surface area is 125 Å². The summed E-state index contributed by atoms with van der Waals surface area (Å²) in [7, 11) is 1.50. The molecule has 0 radical (unpaired) electrons. The van der Waals surface area contributed by atoms with Crippen molar-refractivity contribution in [1.29, 1.82) is 0 Å². The molecular formula is C15H12O7. The number of rotatable bonds is 5. The highest BCUT2D eigenvalue weighted by atomic mass is 16.5. The van der Waals surface area contributed by atoms with E-state index in [1.807, 2.05) is 0 Å². The molecule has 0 saturated heterocycles. The van der Waals surface area contributed by atoms with Crippen molar-refractivity contribution >= 4 is 11.9 Å². The van der Waals surface area contributed by atoms with Gasteiger partial charge in [0.1, 0.15) is 34.1 Å². The fourth-order valence-corrected chi connectivity index (χ4v) is 1.86. The Bertz CT molecular complexity index is 719. The fourth-order valence-electron chi connectivity index (χ4n) is 1.86. The summed E-state index contributed by atoms with van der Waals surface area (Å²) < 4.78 is 10.4. The third kappa shape index (κ3) is 2.93. The first-order valence-corrected chi connectivity index (χ1v) is 6.08. The van der Waals surface area contributed by atoms with Crippen molar-refractivity contribution in [3.63, 3.8) is 0 Å². The summed E-state index contributed by atoms with van der Waals surface area (Å²) in [6, 6.07) is 8.54. The van der Waals surface area contributed by atoms with Crippen LogP contribution >= 0.6 is 0 Å². The van der Waals surface area contributed by atoms with Crippen molar-refractivity contribution in [3.05, 3.63) is 47.5 Å². The molecule has 0 fully saturated rings. The van der Waals surface area contributed by atoms with E-state index in [1.165, 1.54) is 25.3 Å². The molecule has 0 aliphatic rings. The monoisotopic (exact) mass is 304 g/mol. The largest absolute Gasteiger partial charge is 0.507 e. The predicted molar refractivity (Wildman–Crippen MR) is 75.1 cm³/mol. The molecule has 22 heavy (non-hydrogen) atoms. The van der Waals surface area contributed by atoms with Crippen LogP contribution in [-0.2, 0) is 0 Å². The molecule has 2 aromatic carbocycles. The Balaban J connectivity index is 2.48. The van der Waals surface area contributed by atoms with Gasteiger partial charge in [-0.05, 0) is 36.4 Å². The van der Waals surface area contributed by atoms with Gasteiger partial charge in [-0.3, -0.25) is 0 Å². The molecule has 7 heteroatoms. The minimum atomic E-state index is -1.56. The molecule has 0 saturated carbocycles. The smallest absolute Gasteiger partial charge is 0.340 e. The number of benzene rings is 2. The Hall–Kier alpha value is -3.22. The molecular weight excluding hydrogens is 292 g/mol. The van der Waals surface area contributed by atoms with Crippen LogP contribution in [-0.4, -0.2) is 34.4 Å². The second kappa shape index (κ2) is 6.04. The third-order valence-corrected chi connectivity index (χ3v) is 2.86. The predicted octanol–water partition coefficient (Wildman–Crippen LogP) is 2.59. The zero-order chi connectivity index (χ0) is 16.3. The second-order valence-corrected chi connectivity index (χ2v) is 4.22. The van der Waals surface area contributed by atoms with E-state index < -0.39 is 28.8 Å². The molecule has 0 aliphatic carbocycles. The van der Waals surface area contributed by atoms with E-state index in [-0.39, 0.29) is 5.75 Å². The maximum absolute atomic E-state index is 11.3. The maximum atomic E-state index is 11.3. The summed E-state index contributed by atoms with van der Waals surface area (Å²) in [4.78, 5) is 22.5. The highest BCUT2D eigenvalue weighted by molar-refractivity contribution is 6.05. The molecule has 7 nitrogen and oxygen atoms in total.